The Morgan fingerprint density at radius 1 is 1.07 bits per heavy atom. The fraction of sp³-hybridized carbons (Fsp3) is 0.667. The average molecular weight is 903 g/mol. The molecule has 2 unspecified atom stereocenters. The van der Waals surface area contributed by atoms with Gasteiger partial charge in [0.15, 0.2) is 0 Å². The summed E-state index contributed by atoms with van der Waals surface area (Å²) in [6.45, 7) is 15.5. The first-order chi connectivity index (χ1) is 28.2. The molecule has 340 valence electrons. The molecule has 0 radical (unpaired) electrons. The lowest BCUT2D eigenvalue weighted by molar-refractivity contribution is -0.284. The summed E-state index contributed by atoms with van der Waals surface area (Å²) in [5.41, 5.74) is -4.34. The minimum Gasteiger partial charge on any atom is -0.494 e. The molecule has 4 fully saturated rings. The van der Waals surface area contributed by atoms with Crippen molar-refractivity contribution in [2.24, 2.45) is 11.3 Å². The van der Waals surface area contributed by atoms with E-state index in [2.05, 4.69) is 10.6 Å². The van der Waals surface area contributed by atoms with Gasteiger partial charge in [-0.2, -0.15) is 21.6 Å². The molecule has 14 nitrogen and oxygen atoms in total. The van der Waals surface area contributed by atoms with E-state index in [1.165, 1.54) is 0 Å². The molecule has 1 aromatic rings. The Bertz CT molecular complexity index is 2060. The van der Waals surface area contributed by atoms with E-state index in [1.54, 1.807) is 65.8 Å². The van der Waals surface area contributed by atoms with Gasteiger partial charge in [0.2, 0.25) is 17.4 Å². The first-order valence-corrected chi connectivity index (χ1v) is 22.4. The SMILES string of the molecule is CCOC(/C=C(/O[C@@H]1CC(C(=O)N[C@]2(C(=O)NS(=O)(=O)OC3(C)CC3)CC2CC)N(C(=O)[C@@H](NC(=O)OC2(C(F)(F)F)CCC2)C(C)(C)C)C1)c1cccc(Cl)c1C)=C(C)C. The highest BCUT2D eigenvalue weighted by atomic mass is 35.5. The lowest BCUT2D eigenvalue weighted by Gasteiger charge is -2.42. The Hall–Kier alpha value is -4.03. The van der Waals surface area contributed by atoms with Gasteiger partial charge in [-0.3, -0.25) is 14.4 Å². The van der Waals surface area contributed by atoms with Gasteiger partial charge >= 0.3 is 22.6 Å². The van der Waals surface area contributed by atoms with Crippen LogP contribution in [-0.4, -0.2) is 91.4 Å². The second-order valence-electron chi connectivity index (χ2n) is 18.1. The van der Waals surface area contributed by atoms with Crippen LogP contribution in [0.1, 0.15) is 118 Å². The zero-order chi connectivity index (χ0) is 45.5. The van der Waals surface area contributed by atoms with Crippen LogP contribution in [0, 0.1) is 18.3 Å². The number of allylic oxidation sites excluding steroid dienone is 2. The van der Waals surface area contributed by atoms with Gasteiger partial charge < -0.3 is 29.7 Å². The number of nitrogens with one attached hydrogen (secondary N) is 3. The Morgan fingerprint density at radius 3 is 2.23 bits per heavy atom. The van der Waals surface area contributed by atoms with Crippen molar-refractivity contribution in [2.75, 3.05) is 13.2 Å². The Kier molecular flexibility index (Phi) is 13.9. The number of nitrogens with zero attached hydrogens (tertiary/aromatic N) is 1. The van der Waals surface area contributed by atoms with Crippen molar-refractivity contribution in [1.29, 1.82) is 0 Å². The average Bonchev–Trinajstić information content (AvgIpc) is 3.99. The van der Waals surface area contributed by atoms with Crippen LogP contribution in [0.2, 0.25) is 5.02 Å². The number of likely N-dealkylation sites (tertiary alicyclic amines) is 1. The summed E-state index contributed by atoms with van der Waals surface area (Å²) in [7, 11) is -4.55. The lowest BCUT2D eigenvalue weighted by Crippen LogP contribution is -2.61. The van der Waals surface area contributed by atoms with E-state index in [4.69, 9.17) is 30.0 Å². The molecule has 0 aromatic heterocycles. The lowest BCUT2D eigenvalue weighted by atomic mass is 9.79. The molecule has 0 bridgehead atoms. The normalized spacial score (nSPS) is 24.7. The van der Waals surface area contributed by atoms with Crippen LogP contribution in [0.5, 0.6) is 0 Å². The number of carbonyl (C=O) groups is 4. The number of benzene rings is 1. The Morgan fingerprint density at radius 2 is 1.72 bits per heavy atom. The second-order valence-corrected chi connectivity index (χ2v) is 19.8. The topological polar surface area (TPSA) is 179 Å². The van der Waals surface area contributed by atoms with E-state index in [1.807, 2.05) is 25.5 Å². The van der Waals surface area contributed by atoms with Crippen LogP contribution in [0.4, 0.5) is 18.0 Å². The van der Waals surface area contributed by atoms with Crippen molar-refractivity contribution in [1.82, 2.24) is 20.3 Å². The molecule has 3 aliphatic carbocycles. The number of alkyl carbamates (subject to hydrolysis) is 1. The second kappa shape index (κ2) is 17.6. The van der Waals surface area contributed by atoms with Crippen molar-refractivity contribution in [3.63, 3.8) is 0 Å². The number of carbonyl (C=O) groups excluding carboxylic acids is 4. The molecule has 3 N–H and O–H groups in total. The number of alkyl halides is 3. The number of ether oxygens (including phenoxy) is 3. The Labute approximate surface area is 360 Å². The van der Waals surface area contributed by atoms with Crippen LogP contribution >= 0.6 is 11.6 Å². The minimum atomic E-state index is -4.84. The third kappa shape index (κ3) is 10.8. The van der Waals surface area contributed by atoms with Crippen molar-refractivity contribution >= 4 is 51.5 Å². The molecule has 19 heteroatoms. The van der Waals surface area contributed by atoms with E-state index in [-0.39, 0.29) is 25.8 Å². The van der Waals surface area contributed by atoms with Gasteiger partial charge in [0.05, 0.1) is 18.8 Å². The third-order valence-corrected chi connectivity index (χ3v) is 13.4. The third-order valence-electron chi connectivity index (χ3n) is 11.9. The highest BCUT2D eigenvalue weighted by Gasteiger charge is 2.63. The monoisotopic (exact) mass is 902 g/mol. The van der Waals surface area contributed by atoms with Crippen LogP contribution in [0.25, 0.3) is 5.76 Å². The van der Waals surface area contributed by atoms with Gasteiger partial charge in [-0.15, -0.1) is 0 Å². The van der Waals surface area contributed by atoms with Crippen LogP contribution < -0.4 is 15.4 Å². The first kappa shape index (κ1) is 48.0. The number of hydrogen-bond acceptors (Lipinski definition) is 10. The maximum absolute atomic E-state index is 14.8. The largest absolute Gasteiger partial charge is 0.494 e. The zero-order valence-corrected chi connectivity index (χ0v) is 37.7. The molecular formula is C42H58ClF3N4O10S. The molecular weight excluding hydrogens is 845 g/mol. The van der Waals surface area contributed by atoms with Gasteiger partial charge in [0.1, 0.15) is 35.2 Å². The van der Waals surface area contributed by atoms with Gasteiger partial charge in [0.25, 0.3) is 5.91 Å². The predicted molar refractivity (Wildman–Crippen MR) is 220 cm³/mol. The highest BCUT2D eigenvalue weighted by Crippen LogP contribution is 2.49. The summed E-state index contributed by atoms with van der Waals surface area (Å²) in [5, 5.41) is 5.55. The fourth-order valence-electron chi connectivity index (χ4n) is 7.65. The van der Waals surface area contributed by atoms with E-state index in [0.29, 0.717) is 53.5 Å². The molecule has 5 atom stereocenters. The van der Waals surface area contributed by atoms with Crippen LogP contribution in [0.3, 0.4) is 0 Å². The van der Waals surface area contributed by atoms with E-state index >= 15 is 0 Å². The van der Waals surface area contributed by atoms with Crippen LogP contribution in [-0.2, 0) is 43.1 Å². The van der Waals surface area contributed by atoms with Crippen molar-refractivity contribution in [3.05, 3.63) is 51.8 Å². The van der Waals surface area contributed by atoms with Gasteiger partial charge in [0, 0.05) is 23.1 Å². The highest BCUT2D eigenvalue weighted by molar-refractivity contribution is 7.85. The standard InChI is InChI=1S/C42H58ClF3N4O10S/c1-10-26-22-41(26,36(53)49-61(55,56)60-39(9)18-19-39)48-34(51)30-20-27(58-32(21-31(24(3)4)57-11-2)28-14-12-15-29(43)25(28)5)23-50(30)35(52)33(38(6,7)8)47-37(54)59-40(16-13-17-40)42(44,45)46/h12,14-15,21,26-27,30,33H,10-11,13,16-20,22-23H2,1-9H3,(H,47,54)(H,48,51)(H,49,53)/b32-21+/t26?,27-,30?,33-,41-/m1/s1. The van der Waals surface area contributed by atoms with E-state index in [0.717, 1.165) is 10.5 Å². The van der Waals surface area contributed by atoms with Gasteiger partial charge in [-0.25, -0.2) is 13.7 Å². The predicted octanol–water partition coefficient (Wildman–Crippen LogP) is 7.15. The molecule has 1 aliphatic heterocycles. The summed E-state index contributed by atoms with van der Waals surface area (Å²) in [5.74, 6) is -2.31. The van der Waals surface area contributed by atoms with Gasteiger partial charge in [-0.05, 0) is 102 Å². The molecule has 1 aromatic carbocycles. The molecule has 3 saturated carbocycles. The number of hydrogen-bond donors (Lipinski definition) is 3. The quantitative estimate of drug-likeness (QED) is 0.114. The summed E-state index contributed by atoms with van der Waals surface area (Å²) >= 11 is 6.54. The maximum Gasteiger partial charge on any atom is 0.428 e. The molecule has 1 saturated heterocycles. The minimum absolute atomic E-state index is 0.0945. The Balaban J connectivity index is 1.50. The van der Waals surface area contributed by atoms with Gasteiger partial charge in [-0.1, -0.05) is 57.8 Å². The van der Waals surface area contributed by atoms with Crippen molar-refractivity contribution in [2.45, 2.75) is 155 Å². The molecule has 61 heavy (non-hydrogen) atoms. The van der Waals surface area contributed by atoms with Crippen molar-refractivity contribution in [3.8, 4) is 0 Å². The molecule has 0 spiro atoms. The number of rotatable bonds is 16. The number of amides is 4. The maximum atomic E-state index is 14.8. The first-order valence-electron chi connectivity index (χ1n) is 20.6. The zero-order valence-electron chi connectivity index (χ0n) is 36.1. The van der Waals surface area contributed by atoms with Crippen LogP contribution in [0.15, 0.2) is 35.6 Å². The van der Waals surface area contributed by atoms with E-state index < -0.39 is 99.4 Å². The fourth-order valence-corrected chi connectivity index (χ4v) is 8.97. The number of halogens is 4. The smallest absolute Gasteiger partial charge is 0.428 e. The summed E-state index contributed by atoms with van der Waals surface area (Å²) in [6, 6.07) is 2.35. The summed E-state index contributed by atoms with van der Waals surface area (Å²) in [4.78, 5) is 57.4. The van der Waals surface area contributed by atoms with Crippen molar-refractivity contribution < 1.29 is 59.2 Å². The molecule has 5 rings (SSSR count). The molecule has 4 amide bonds. The summed E-state index contributed by atoms with van der Waals surface area (Å²) in [6.07, 6.45) is -4.88. The summed E-state index contributed by atoms with van der Waals surface area (Å²) < 4.78 is 92.4. The molecule has 4 aliphatic rings. The molecule has 1 heterocycles. The van der Waals surface area contributed by atoms with E-state index in [9.17, 15) is 40.8 Å².